The predicted molar refractivity (Wildman–Crippen MR) is 116 cm³/mol. The minimum Gasteiger partial charge on any atom is -0.493 e. The zero-order valence-electron chi connectivity index (χ0n) is 18.0. The Bertz CT molecular complexity index is 995. The van der Waals surface area contributed by atoms with E-state index in [1.807, 2.05) is 12.4 Å². The lowest BCUT2D eigenvalue weighted by molar-refractivity contribution is -0.667. The molecule has 0 aliphatic heterocycles. The third-order valence-electron chi connectivity index (χ3n) is 5.69. The van der Waals surface area contributed by atoms with Gasteiger partial charge in [0.2, 0.25) is 6.33 Å². The molecule has 2 heterocycles. The molecule has 4 rings (SSSR count). The van der Waals surface area contributed by atoms with Gasteiger partial charge in [-0.2, -0.15) is 0 Å². The van der Waals surface area contributed by atoms with Crippen molar-refractivity contribution in [1.82, 2.24) is 15.0 Å². The first-order valence-corrected chi connectivity index (χ1v) is 11.0. The van der Waals surface area contributed by atoms with Crippen molar-refractivity contribution < 1.29 is 14.0 Å². The molecule has 1 aliphatic carbocycles. The topological polar surface area (TPSA) is 89.9 Å². The van der Waals surface area contributed by atoms with E-state index in [0.717, 1.165) is 71.8 Å². The third-order valence-corrected chi connectivity index (χ3v) is 5.69. The first-order chi connectivity index (χ1) is 14.7. The summed E-state index contributed by atoms with van der Waals surface area (Å²) in [5.74, 6) is 2.59. The molecule has 0 bridgehead atoms. The lowest BCUT2D eigenvalue weighted by Gasteiger charge is -2.16. The van der Waals surface area contributed by atoms with Crippen LogP contribution >= 0.6 is 0 Å². The summed E-state index contributed by atoms with van der Waals surface area (Å²) >= 11 is 0. The standard InChI is InChI=1S/C23H31N5O2/c1-3-6-21-26-22-18(11-12-24)25-15-28(23(22)27-21)14-16-9-10-19(29-2)20(13-16)30-17-7-4-5-8-17/h9-10,13,15,17H,3-8,11-12,14,24H2,1-2H3/p+1. The average molecular weight is 411 g/mol. The lowest BCUT2D eigenvalue weighted by atomic mass is 10.2. The fourth-order valence-corrected chi connectivity index (χ4v) is 4.17. The van der Waals surface area contributed by atoms with Crippen LogP contribution in [0.1, 0.15) is 56.1 Å². The monoisotopic (exact) mass is 410 g/mol. The second-order valence-electron chi connectivity index (χ2n) is 8.00. The van der Waals surface area contributed by atoms with Gasteiger partial charge in [0.25, 0.3) is 5.65 Å². The number of rotatable bonds is 9. The van der Waals surface area contributed by atoms with Gasteiger partial charge in [0, 0.05) is 12.8 Å². The maximum Gasteiger partial charge on any atom is 0.291 e. The highest BCUT2D eigenvalue weighted by Gasteiger charge is 2.21. The molecule has 7 heteroatoms. The van der Waals surface area contributed by atoms with Crippen LogP contribution in [0.5, 0.6) is 11.5 Å². The number of aryl methyl sites for hydroxylation is 1. The Morgan fingerprint density at radius 3 is 2.77 bits per heavy atom. The molecule has 2 aromatic heterocycles. The SMILES string of the molecule is CCCc1nc2c([nH]1)c(CCN)nc[n+]2Cc1ccc(OC)c(OC2CCCC2)c1. The highest BCUT2D eigenvalue weighted by Crippen LogP contribution is 2.32. The summed E-state index contributed by atoms with van der Waals surface area (Å²) in [6.45, 7) is 3.38. The third kappa shape index (κ3) is 4.41. The highest BCUT2D eigenvalue weighted by atomic mass is 16.5. The van der Waals surface area contributed by atoms with Crippen LogP contribution in [-0.2, 0) is 19.4 Å². The molecule has 3 N–H and O–H groups in total. The van der Waals surface area contributed by atoms with E-state index in [4.69, 9.17) is 20.2 Å². The molecule has 0 unspecified atom stereocenters. The van der Waals surface area contributed by atoms with Crippen LogP contribution in [0.2, 0.25) is 0 Å². The summed E-state index contributed by atoms with van der Waals surface area (Å²) in [7, 11) is 1.69. The molecule has 1 fully saturated rings. The number of nitrogens with one attached hydrogen (secondary N) is 1. The molecule has 30 heavy (non-hydrogen) atoms. The number of methoxy groups -OCH3 is 1. The zero-order valence-corrected chi connectivity index (χ0v) is 18.0. The molecular formula is C23H32N5O2+. The minimum absolute atomic E-state index is 0.286. The van der Waals surface area contributed by atoms with Gasteiger partial charge < -0.3 is 20.2 Å². The Morgan fingerprint density at radius 2 is 2.03 bits per heavy atom. The van der Waals surface area contributed by atoms with Crippen LogP contribution in [0, 0.1) is 0 Å². The second-order valence-corrected chi connectivity index (χ2v) is 8.00. The molecule has 3 aromatic rings. The van der Waals surface area contributed by atoms with Crippen LogP contribution in [0.3, 0.4) is 0 Å². The Labute approximate surface area is 177 Å². The number of aromatic amines is 1. The number of imidazole rings is 1. The van der Waals surface area contributed by atoms with Crippen LogP contribution in [0.25, 0.3) is 11.2 Å². The minimum atomic E-state index is 0.286. The van der Waals surface area contributed by atoms with Gasteiger partial charge >= 0.3 is 0 Å². The Balaban J connectivity index is 1.65. The van der Waals surface area contributed by atoms with Crippen molar-refractivity contribution in [3.8, 4) is 11.5 Å². The van der Waals surface area contributed by atoms with E-state index >= 15 is 0 Å². The predicted octanol–water partition coefficient (Wildman–Crippen LogP) is 3.08. The van der Waals surface area contributed by atoms with Gasteiger partial charge in [-0.15, -0.1) is 4.98 Å². The van der Waals surface area contributed by atoms with Crippen molar-refractivity contribution in [2.75, 3.05) is 13.7 Å². The molecule has 160 valence electrons. The molecule has 0 radical (unpaired) electrons. The molecule has 7 nitrogen and oxygen atoms in total. The highest BCUT2D eigenvalue weighted by molar-refractivity contribution is 5.70. The summed E-state index contributed by atoms with van der Waals surface area (Å²) in [4.78, 5) is 13.0. The molecule has 0 amide bonds. The Hall–Kier alpha value is -2.67. The number of H-pyrrole nitrogens is 1. The molecule has 0 atom stereocenters. The number of hydrogen-bond acceptors (Lipinski definition) is 5. The van der Waals surface area contributed by atoms with E-state index in [1.165, 1.54) is 12.8 Å². The quantitative estimate of drug-likeness (QED) is 0.529. The fraction of sp³-hybridized carbons (Fsp3) is 0.522. The van der Waals surface area contributed by atoms with E-state index < -0.39 is 0 Å². The van der Waals surface area contributed by atoms with Crippen LogP contribution in [0.4, 0.5) is 0 Å². The maximum atomic E-state index is 6.26. The average Bonchev–Trinajstić information content (AvgIpc) is 3.41. The number of aromatic nitrogens is 4. The Morgan fingerprint density at radius 1 is 1.20 bits per heavy atom. The normalized spacial score (nSPS) is 14.5. The smallest absolute Gasteiger partial charge is 0.291 e. The van der Waals surface area contributed by atoms with Crippen molar-refractivity contribution in [2.45, 2.75) is 64.5 Å². The van der Waals surface area contributed by atoms with Gasteiger partial charge in [0.15, 0.2) is 22.8 Å². The van der Waals surface area contributed by atoms with E-state index in [9.17, 15) is 0 Å². The van der Waals surface area contributed by atoms with Gasteiger partial charge in [-0.25, -0.2) is 4.57 Å². The summed E-state index contributed by atoms with van der Waals surface area (Å²) in [5.41, 5.74) is 9.79. The van der Waals surface area contributed by atoms with Crippen molar-refractivity contribution in [1.29, 1.82) is 0 Å². The first-order valence-electron chi connectivity index (χ1n) is 11.0. The number of ether oxygens (including phenoxy) is 2. The van der Waals surface area contributed by atoms with Gasteiger partial charge in [0.1, 0.15) is 5.69 Å². The van der Waals surface area contributed by atoms with Gasteiger partial charge in [-0.3, -0.25) is 0 Å². The van der Waals surface area contributed by atoms with E-state index in [0.29, 0.717) is 13.1 Å². The van der Waals surface area contributed by atoms with E-state index in [1.54, 1.807) is 7.11 Å². The molecule has 1 aliphatic rings. The van der Waals surface area contributed by atoms with Crippen LogP contribution < -0.4 is 19.8 Å². The summed E-state index contributed by atoms with van der Waals surface area (Å²) < 4.78 is 13.9. The molecular weight excluding hydrogens is 378 g/mol. The van der Waals surface area contributed by atoms with Gasteiger partial charge in [-0.05, 0) is 56.3 Å². The van der Waals surface area contributed by atoms with Crippen LogP contribution in [0.15, 0.2) is 24.5 Å². The summed E-state index contributed by atoms with van der Waals surface area (Å²) in [6, 6.07) is 6.15. The molecule has 0 spiro atoms. The van der Waals surface area contributed by atoms with Gasteiger partial charge in [0.05, 0.1) is 19.8 Å². The number of benzene rings is 1. The number of hydrogen-bond donors (Lipinski definition) is 2. The zero-order chi connectivity index (χ0) is 20.9. The lowest BCUT2D eigenvalue weighted by Crippen LogP contribution is -2.36. The molecule has 0 saturated heterocycles. The Kier molecular flexibility index (Phi) is 6.47. The number of nitrogens with zero attached hydrogens (tertiary/aromatic N) is 3. The van der Waals surface area contributed by atoms with Crippen molar-refractivity contribution in [3.63, 3.8) is 0 Å². The van der Waals surface area contributed by atoms with Crippen LogP contribution in [-0.4, -0.2) is 34.7 Å². The van der Waals surface area contributed by atoms with Gasteiger partial charge in [-0.1, -0.05) is 18.0 Å². The van der Waals surface area contributed by atoms with E-state index in [2.05, 4.69) is 33.6 Å². The molecule has 1 aromatic carbocycles. The van der Waals surface area contributed by atoms with Crippen molar-refractivity contribution in [2.24, 2.45) is 5.73 Å². The second kappa shape index (κ2) is 9.43. The largest absolute Gasteiger partial charge is 0.493 e. The van der Waals surface area contributed by atoms with Crippen molar-refractivity contribution >= 4 is 11.2 Å². The number of nitrogens with two attached hydrogens (primary N) is 1. The summed E-state index contributed by atoms with van der Waals surface area (Å²) in [6.07, 6.45) is 9.54. The summed E-state index contributed by atoms with van der Waals surface area (Å²) in [5, 5.41) is 0. The number of fused-ring (bicyclic) bond motifs is 1. The fourth-order valence-electron chi connectivity index (χ4n) is 4.17. The first kappa shape index (κ1) is 20.6. The van der Waals surface area contributed by atoms with Crippen molar-refractivity contribution in [3.05, 3.63) is 41.6 Å². The maximum absolute atomic E-state index is 6.26. The molecule has 1 saturated carbocycles. The van der Waals surface area contributed by atoms with E-state index in [-0.39, 0.29) is 6.10 Å².